The Morgan fingerprint density at radius 2 is 2.26 bits per heavy atom. The number of nitrogens with zero attached hydrogens (tertiary/aromatic N) is 1. The Bertz CT molecular complexity index is 636. The molecule has 0 fully saturated rings. The topological polar surface area (TPSA) is 63.2 Å². The van der Waals surface area contributed by atoms with Crippen LogP contribution in [-0.2, 0) is 6.42 Å². The first-order valence-corrected chi connectivity index (χ1v) is 7.92. The van der Waals surface area contributed by atoms with E-state index in [0.717, 1.165) is 11.3 Å². The second-order valence-corrected chi connectivity index (χ2v) is 5.51. The molecule has 2 N–H and O–H groups in total. The number of hydrogen-bond donors (Lipinski definition) is 2. The molecule has 2 aromatic rings. The number of rotatable bonds is 7. The minimum absolute atomic E-state index is 0.325. The minimum atomic E-state index is -2.54. The van der Waals surface area contributed by atoms with Crippen molar-refractivity contribution in [3.05, 3.63) is 40.3 Å². The molecule has 0 atom stereocenters. The van der Waals surface area contributed by atoms with Gasteiger partial charge in [-0.05, 0) is 18.6 Å². The second kappa shape index (κ2) is 8.42. The van der Waals surface area contributed by atoms with Gasteiger partial charge in [0, 0.05) is 30.1 Å². The fourth-order valence-electron chi connectivity index (χ4n) is 1.83. The molecule has 5 nitrogen and oxygen atoms in total. The second-order valence-electron chi connectivity index (χ2n) is 4.79. The van der Waals surface area contributed by atoms with Crippen molar-refractivity contribution in [3.8, 4) is 5.75 Å². The highest BCUT2D eigenvalue weighted by Gasteiger charge is 2.08. The normalized spacial score (nSPS) is 10.6. The first kappa shape index (κ1) is 17.1. The minimum Gasteiger partial charge on any atom is -0.487 e. The zero-order valence-electron chi connectivity index (χ0n) is 12.5. The Labute approximate surface area is 136 Å². The van der Waals surface area contributed by atoms with Crippen LogP contribution in [0.15, 0.2) is 29.1 Å². The van der Waals surface area contributed by atoms with Crippen molar-refractivity contribution in [3.63, 3.8) is 0 Å². The Morgan fingerprint density at radius 3 is 2.96 bits per heavy atom. The standard InChI is InChI=1S/C15H17F2N3O2S/c1-10-2-3-11(6-13(10)22-7-14(16)17)20-15(21)18-5-4-12-8-23-9-19-12/h2-3,6,8-9,14H,4-5,7H2,1H3,(H2,18,20,21). The Hall–Kier alpha value is -2.22. The van der Waals surface area contributed by atoms with E-state index in [0.29, 0.717) is 24.4 Å². The summed E-state index contributed by atoms with van der Waals surface area (Å²) in [6, 6.07) is 4.54. The Morgan fingerprint density at radius 1 is 1.43 bits per heavy atom. The summed E-state index contributed by atoms with van der Waals surface area (Å²) in [4.78, 5) is 15.9. The van der Waals surface area contributed by atoms with Crippen LogP contribution in [0.25, 0.3) is 0 Å². The van der Waals surface area contributed by atoms with Crippen LogP contribution in [0.4, 0.5) is 19.3 Å². The fourth-order valence-corrected chi connectivity index (χ4v) is 2.42. The SMILES string of the molecule is Cc1ccc(NC(=O)NCCc2cscn2)cc1OCC(F)F. The number of carbonyl (C=O) groups excluding carboxylic acids is 1. The Balaban J connectivity index is 1.83. The summed E-state index contributed by atoms with van der Waals surface area (Å²) in [6.07, 6.45) is -1.90. The summed E-state index contributed by atoms with van der Waals surface area (Å²) in [5, 5.41) is 7.27. The first-order valence-electron chi connectivity index (χ1n) is 6.98. The number of hydrogen-bond acceptors (Lipinski definition) is 4. The lowest BCUT2D eigenvalue weighted by Crippen LogP contribution is -2.30. The zero-order chi connectivity index (χ0) is 16.7. The third kappa shape index (κ3) is 5.82. The van der Waals surface area contributed by atoms with Crippen LogP contribution in [-0.4, -0.2) is 30.6 Å². The summed E-state index contributed by atoms with van der Waals surface area (Å²) in [5.74, 6) is 0.325. The van der Waals surface area contributed by atoms with E-state index < -0.39 is 13.0 Å². The van der Waals surface area contributed by atoms with Gasteiger partial charge in [0.2, 0.25) is 0 Å². The smallest absolute Gasteiger partial charge is 0.319 e. The number of aromatic nitrogens is 1. The molecule has 23 heavy (non-hydrogen) atoms. The van der Waals surface area contributed by atoms with Crippen molar-refractivity contribution in [1.29, 1.82) is 0 Å². The molecular formula is C15H17F2N3O2S. The van der Waals surface area contributed by atoms with Gasteiger partial charge in [0.25, 0.3) is 6.43 Å². The lowest BCUT2D eigenvalue weighted by molar-refractivity contribution is 0.0816. The summed E-state index contributed by atoms with van der Waals surface area (Å²) in [6.45, 7) is 1.53. The van der Waals surface area contributed by atoms with Crippen LogP contribution in [0.2, 0.25) is 0 Å². The van der Waals surface area contributed by atoms with E-state index in [1.807, 2.05) is 5.38 Å². The van der Waals surface area contributed by atoms with Crippen molar-refractivity contribution >= 4 is 23.1 Å². The van der Waals surface area contributed by atoms with Crippen molar-refractivity contribution < 1.29 is 18.3 Å². The van der Waals surface area contributed by atoms with Crippen molar-refractivity contribution in [2.75, 3.05) is 18.5 Å². The molecular weight excluding hydrogens is 324 g/mol. The number of benzene rings is 1. The number of anilines is 1. The Kier molecular flexibility index (Phi) is 6.28. The number of aryl methyl sites for hydroxylation is 1. The van der Waals surface area contributed by atoms with Crippen molar-refractivity contribution in [1.82, 2.24) is 10.3 Å². The van der Waals surface area contributed by atoms with E-state index in [2.05, 4.69) is 15.6 Å². The van der Waals surface area contributed by atoms with Crippen LogP contribution < -0.4 is 15.4 Å². The van der Waals surface area contributed by atoms with Gasteiger partial charge in [-0.2, -0.15) is 0 Å². The van der Waals surface area contributed by atoms with Crippen LogP contribution in [0.1, 0.15) is 11.3 Å². The van der Waals surface area contributed by atoms with E-state index in [9.17, 15) is 13.6 Å². The van der Waals surface area contributed by atoms with Crippen LogP contribution in [0.5, 0.6) is 5.75 Å². The zero-order valence-corrected chi connectivity index (χ0v) is 13.3. The highest BCUT2D eigenvalue weighted by atomic mass is 32.1. The molecule has 1 aromatic carbocycles. The maximum absolute atomic E-state index is 12.2. The molecule has 0 radical (unpaired) electrons. The first-order chi connectivity index (χ1) is 11.0. The fraction of sp³-hybridized carbons (Fsp3) is 0.333. The monoisotopic (exact) mass is 341 g/mol. The number of amides is 2. The summed E-state index contributed by atoms with van der Waals surface area (Å²) in [7, 11) is 0. The summed E-state index contributed by atoms with van der Waals surface area (Å²) in [5.41, 5.74) is 3.86. The largest absolute Gasteiger partial charge is 0.487 e. The molecule has 1 aromatic heterocycles. The predicted octanol–water partition coefficient (Wildman–Crippen LogP) is 3.46. The van der Waals surface area contributed by atoms with Gasteiger partial charge < -0.3 is 15.4 Å². The maximum atomic E-state index is 12.2. The van der Waals surface area contributed by atoms with Crippen molar-refractivity contribution in [2.24, 2.45) is 0 Å². The average molecular weight is 341 g/mol. The molecule has 0 aliphatic heterocycles. The third-order valence-electron chi connectivity index (χ3n) is 2.96. The number of halogens is 2. The van der Waals surface area contributed by atoms with Crippen LogP contribution in [0, 0.1) is 6.92 Å². The quantitative estimate of drug-likeness (QED) is 0.811. The lowest BCUT2D eigenvalue weighted by Gasteiger charge is -2.12. The number of nitrogens with one attached hydrogen (secondary N) is 2. The van der Waals surface area contributed by atoms with Gasteiger partial charge in [-0.1, -0.05) is 6.07 Å². The molecule has 0 unspecified atom stereocenters. The van der Waals surface area contributed by atoms with E-state index in [-0.39, 0.29) is 6.03 Å². The number of urea groups is 1. The molecule has 1 heterocycles. The van der Waals surface area contributed by atoms with E-state index >= 15 is 0 Å². The summed E-state index contributed by atoms with van der Waals surface area (Å²) < 4.78 is 29.4. The van der Waals surface area contributed by atoms with Crippen molar-refractivity contribution in [2.45, 2.75) is 19.8 Å². The molecule has 0 saturated carbocycles. The van der Waals surface area contributed by atoms with Gasteiger partial charge in [0.15, 0.2) is 0 Å². The molecule has 2 rings (SSSR count). The number of ether oxygens (including phenoxy) is 1. The molecule has 0 aliphatic rings. The molecule has 0 bridgehead atoms. The lowest BCUT2D eigenvalue weighted by atomic mass is 10.2. The highest BCUT2D eigenvalue weighted by molar-refractivity contribution is 7.07. The van der Waals surface area contributed by atoms with Gasteiger partial charge in [-0.25, -0.2) is 18.6 Å². The van der Waals surface area contributed by atoms with Gasteiger partial charge in [0.1, 0.15) is 12.4 Å². The van der Waals surface area contributed by atoms with E-state index in [1.54, 1.807) is 24.6 Å². The van der Waals surface area contributed by atoms with E-state index in [4.69, 9.17) is 4.74 Å². The number of thiazole rings is 1. The molecule has 0 spiro atoms. The van der Waals surface area contributed by atoms with E-state index in [1.165, 1.54) is 17.4 Å². The third-order valence-corrected chi connectivity index (χ3v) is 3.60. The predicted molar refractivity (Wildman–Crippen MR) is 85.5 cm³/mol. The molecule has 2 amide bonds. The molecule has 0 saturated heterocycles. The highest BCUT2D eigenvalue weighted by Crippen LogP contribution is 2.23. The number of carbonyl (C=O) groups is 1. The van der Waals surface area contributed by atoms with Gasteiger partial charge in [0.05, 0.1) is 11.2 Å². The van der Waals surface area contributed by atoms with Gasteiger partial charge in [-0.3, -0.25) is 0 Å². The maximum Gasteiger partial charge on any atom is 0.319 e. The molecule has 0 aliphatic carbocycles. The average Bonchev–Trinajstić information content (AvgIpc) is 3.01. The van der Waals surface area contributed by atoms with Crippen LogP contribution >= 0.6 is 11.3 Å². The number of alkyl halides is 2. The molecule has 8 heteroatoms. The van der Waals surface area contributed by atoms with Crippen LogP contribution in [0.3, 0.4) is 0 Å². The van der Waals surface area contributed by atoms with Gasteiger partial charge in [-0.15, -0.1) is 11.3 Å². The summed E-state index contributed by atoms with van der Waals surface area (Å²) >= 11 is 1.50. The molecule has 124 valence electrons. The van der Waals surface area contributed by atoms with Gasteiger partial charge >= 0.3 is 6.03 Å².